The Hall–Kier alpha value is -2.24. The van der Waals surface area contributed by atoms with Gasteiger partial charge >= 0.3 is 5.97 Å². The van der Waals surface area contributed by atoms with E-state index in [-0.39, 0.29) is 12.5 Å². The second-order valence-electron chi connectivity index (χ2n) is 4.83. The number of carbonyl (C=O) groups is 2. The van der Waals surface area contributed by atoms with Crippen LogP contribution >= 0.6 is 0 Å². The third kappa shape index (κ3) is 2.68. The van der Waals surface area contributed by atoms with Crippen molar-refractivity contribution in [1.82, 2.24) is 5.32 Å². The molecule has 0 aromatic heterocycles. The summed E-state index contributed by atoms with van der Waals surface area (Å²) in [7, 11) is 2.99. The number of amides is 1. The van der Waals surface area contributed by atoms with Crippen molar-refractivity contribution in [3.8, 4) is 11.5 Å². The van der Waals surface area contributed by atoms with Crippen LogP contribution in [0.2, 0.25) is 0 Å². The Morgan fingerprint density at radius 3 is 2.50 bits per heavy atom. The highest BCUT2D eigenvalue weighted by molar-refractivity contribution is 5.97. The first-order chi connectivity index (χ1) is 9.52. The Kier molecular flexibility index (Phi) is 3.83. The van der Waals surface area contributed by atoms with E-state index < -0.39 is 11.4 Å². The molecule has 1 aromatic carbocycles. The van der Waals surface area contributed by atoms with E-state index in [9.17, 15) is 9.59 Å². The highest BCUT2D eigenvalue weighted by Gasteiger charge is 2.50. The van der Waals surface area contributed by atoms with Crippen LogP contribution in [-0.2, 0) is 4.79 Å². The molecule has 1 aliphatic carbocycles. The first kappa shape index (κ1) is 14.2. The van der Waals surface area contributed by atoms with Gasteiger partial charge in [-0.3, -0.25) is 9.59 Å². The molecule has 108 valence electrons. The number of hydrogen-bond donors (Lipinski definition) is 2. The molecule has 20 heavy (non-hydrogen) atoms. The predicted molar refractivity (Wildman–Crippen MR) is 71.2 cm³/mol. The summed E-state index contributed by atoms with van der Waals surface area (Å²) in [6, 6.07) is 4.86. The summed E-state index contributed by atoms with van der Waals surface area (Å²) in [5.41, 5.74) is -0.426. The van der Waals surface area contributed by atoms with Gasteiger partial charge in [-0.1, -0.05) is 0 Å². The number of ether oxygens (including phenoxy) is 2. The van der Waals surface area contributed by atoms with Crippen LogP contribution in [-0.4, -0.2) is 37.7 Å². The molecule has 1 amide bonds. The molecule has 0 heterocycles. The number of carboxylic acids is 1. The molecule has 1 saturated carbocycles. The Labute approximate surface area is 116 Å². The average Bonchev–Trinajstić information content (AvgIpc) is 3.25. The Morgan fingerprint density at radius 2 is 2.00 bits per heavy atom. The van der Waals surface area contributed by atoms with E-state index in [0.29, 0.717) is 29.9 Å². The van der Waals surface area contributed by atoms with Crippen LogP contribution in [0.3, 0.4) is 0 Å². The number of aliphatic carboxylic acids is 1. The predicted octanol–water partition coefficient (Wildman–Crippen LogP) is 1.30. The highest BCUT2D eigenvalue weighted by atomic mass is 16.5. The molecule has 1 fully saturated rings. The number of methoxy groups -OCH3 is 2. The molecular weight excluding hydrogens is 262 g/mol. The number of benzene rings is 1. The number of carboxylic acid groups (broad SMARTS) is 1. The molecule has 2 N–H and O–H groups in total. The van der Waals surface area contributed by atoms with Crippen LogP contribution in [0.1, 0.15) is 23.2 Å². The largest absolute Gasteiger partial charge is 0.497 e. The first-order valence-corrected chi connectivity index (χ1v) is 6.26. The molecule has 0 bridgehead atoms. The van der Waals surface area contributed by atoms with E-state index in [2.05, 4.69) is 5.32 Å². The Bertz CT molecular complexity index is 536. The monoisotopic (exact) mass is 279 g/mol. The molecule has 0 saturated heterocycles. The fourth-order valence-corrected chi connectivity index (χ4v) is 1.95. The minimum Gasteiger partial charge on any atom is -0.497 e. The van der Waals surface area contributed by atoms with Gasteiger partial charge in [-0.05, 0) is 25.0 Å². The van der Waals surface area contributed by atoms with Crippen molar-refractivity contribution >= 4 is 11.9 Å². The van der Waals surface area contributed by atoms with Crippen LogP contribution in [0.4, 0.5) is 0 Å². The van der Waals surface area contributed by atoms with Crippen LogP contribution < -0.4 is 14.8 Å². The summed E-state index contributed by atoms with van der Waals surface area (Å²) in [5.74, 6) is -0.235. The fraction of sp³-hybridized carbons (Fsp3) is 0.429. The van der Waals surface area contributed by atoms with E-state index in [0.717, 1.165) is 0 Å². The third-order valence-corrected chi connectivity index (χ3v) is 3.55. The zero-order valence-electron chi connectivity index (χ0n) is 11.4. The molecule has 6 nitrogen and oxygen atoms in total. The summed E-state index contributed by atoms with van der Waals surface area (Å²) < 4.78 is 10.2. The van der Waals surface area contributed by atoms with Gasteiger partial charge in [0.1, 0.15) is 11.5 Å². The van der Waals surface area contributed by atoms with E-state index in [1.165, 1.54) is 14.2 Å². The van der Waals surface area contributed by atoms with Crippen molar-refractivity contribution in [1.29, 1.82) is 0 Å². The maximum atomic E-state index is 12.1. The lowest BCUT2D eigenvalue weighted by atomic mass is 10.1. The normalized spacial score (nSPS) is 15.3. The van der Waals surface area contributed by atoms with E-state index in [4.69, 9.17) is 14.6 Å². The summed E-state index contributed by atoms with van der Waals surface area (Å²) in [6.45, 7) is 0.135. The van der Waals surface area contributed by atoms with Crippen molar-refractivity contribution in [2.75, 3.05) is 20.8 Å². The molecule has 1 aromatic rings. The maximum Gasteiger partial charge on any atom is 0.311 e. The summed E-state index contributed by atoms with van der Waals surface area (Å²) in [4.78, 5) is 23.1. The fourth-order valence-electron chi connectivity index (χ4n) is 1.95. The van der Waals surface area contributed by atoms with Gasteiger partial charge in [0, 0.05) is 12.6 Å². The molecule has 0 aliphatic heterocycles. The minimum absolute atomic E-state index is 0.135. The smallest absolute Gasteiger partial charge is 0.311 e. The lowest BCUT2D eigenvalue weighted by Crippen LogP contribution is -2.34. The Balaban J connectivity index is 2.07. The summed E-state index contributed by atoms with van der Waals surface area (Å²) >= 11 is 0. The van der Waals surface area contributed by atoms with Crippen LogP contribution in [0, 0.1) is 5.41 Å². The molecule has 0 radical (unpaired) electrons. The Morgan fingerprint density at radius 1 is 1.30 bits per heavy atom. The van der Waals surface area contributed by atoms with Crippen LogP contribution in [0.25, 0.3) is 0 Å². The standard InChI is InChI=1S/C14H17NO5/c1-19-9-3-4-10(11(7-9)20-2)12(16)15-8-14(5-6-14)13(17)18/h3-4,7H,5-6,8H2,1-2H3,(H,15,16)(H,17,18). The molecule has 2 rings (SSSR count). The van der Waals surface area contributed by atoms with E-state index in [1.54, 1.807) is 18.2 Å². The summed E-state index contributed by atoms with van der Waals surface area (Å²) in [5, 5.41) is 11.7. The molecule has 6 heteroatoms. The van der Waals surface area contributed by atoms with Gasteiger partial charge in [0.05, 0.1) is 25.2 Å². The second kappa shape index (κ2) is 5.40. The molecule has 1 aliphatic rings. The van der Waals surface area contributed by atoms with Crippen LogP contribution in [0.5, 0.6) is 11.5 Å². The number of hydrogen-bond acceptors (Lipinski definition) is 4. The first-order valence-electron chi connectivity index (χ1n) is 6.26. The van der Waals surface area contributed by atoms with E-state index in [1.807, 2.05) is 0 Å². The van der Waals surface area contributed by atoms with Gasteiger partial charge in [0.25, 0.3) is 5.91 Å². The lowest BCUT2D eigenvalue weighted by molar-refractivity contribution is -0.143. The number of carbonyl (C=O) groups excluding carboxylic acids is 1. The van der Waals surface area contributed by atoms with Gasteiger partial charge in [0.15, 0.2) is 0 Å². The quantitative estimate of drug-likeness (QED) is 0.820. The third-order valence-electron chi connectivity index (χ3n) is 3.55. The second-order valence-corrected chi connectivity index (χ2v) is 4.83. The van der Waals surface area contributed by atoms with Gasteiger partial charge in [0.2, 0.25) is 0 Å². The highest BCUT2D eigenvalue weighted by Crippen LogP contribution is 2.45. The summed E-state index contributed by atoms with van der Waals surface area (Å²) in [6.07, 6.45) is 1.20. The van der Waals surface area contributed by atoms with Gasteiger partial charge in [-0.2, -0.15) is 0 Å². The van der Waals surface area contributed by atoms with Crippen molar-refractivity contribution in [2.24, 2.45) is 5.41 Å². The van der Waals surface area contributed by atoms with Crippen molar-refractivity contribution in [2.45, 2.75) is 12.8 Å². The van der Waals surface area contributed by atoms with Gasteiger partial charge in [-0.15, -0.1) is 0 Å². The number of nitrogens with one attached hydrogen (secondary N) is 1. The maximum absolute atomic E-state index is 12.1. The van der Waals surface area contributed by atoms with Crippen molar-refractivity contribution < 1.29 is 24.2 Å². The van der Waals surface area contributed by atoms with Crippen molar-refractivity contribution in [3.63, 3.8) is 0 Å². The van der Waals surface area contributed by atoms with Gasteiger partial charge < -0.3 is 19.9 Å². The molecular formula is C14H17NO5. The number of rotatable bonds is 6. The zero-order valence-corrected chi connectivity index (χ0v) is 11.4. The molecule has 0 atom stereocenters. The average molecular weight is 279 g/mol. The van der Waals surface area contributed by atoms with Crippen molar-refractivity contribution in [3.05, 3.63) is 23.8 Å². The van der Waals surface area contributed by atoms with Crippen LogP contribution in [0.15, 0.2) is 18.2 Å². The lowest BCUT2D eigenvalue weighted by Gasteiger charge is -2.13. The minimum atomic E-state index is -0.862. The topological polar surface area (TPSA) is 84.9 Å². The van der Waals surface area contributed by atoms with E-state index >= 15 is 0 Å². The SMILES string of the molecule is COc1ccc(C(=O)NCC2(C(=O)O)CC2)c(OC)c1. The zero-order chi connectivity index (χ0) is 14.8. The van der Waals surface area contributed by atoms with Gasteiger partial charge in [-0.25, -0.2) is 0 Å². The molecule has 0 spiro atoms. The molecule has 0 unspecified atom stereocenters.